The molecule has 0 aliphatic carbocycles. The van der Waals surface area contributed by atoms with Crippen molar-refractivity contribution in [3.63, 3.8) is 0 Å². The molecule has 0 fully saturated rings. The van der Waals surface area contributed by atoms with Crippen LogP contribution in [0.1, 0.15) is 129 Å². The van der Waals surface area contributed by atoms with Gasteiger partial charge in [0.05, 0.1) is 20.1 Å². The van der Waals surface area contributed by atoms with Gasteiger partial charge in [-0.3, -0.25) is 0 Å². The molecular formula is C24H51Br2N. The lowest BCUT2D eigenvalue weighted by Gasteiger charge is -2.32. The maximum Gasteiger partial charge on any atom is 0.134 e. The van der Waals surface area contributed by atoms with Crippen molar-refractivity contribution < 1.29 is 21.5 Å². The molecule has 0 aromatic heterocycles. The molecule has 0 unspecified atom stereocenters. The Morgan fingerprint density at radius 3 is 1.00 bits per heavy atom. The van der Waals surface area contributed by atoms with Crippen LogP contribution >= 0.6 is 15.9 Å². The van der Waals surface area contributed by atoms with Gasteiger partial charge in [0.1, 0.15) is 5.45 Å². The zero-order valence-electron chi connectivity index (χ0n) is 19.1. The summed E-state index contributed by atoms with van der Waals surface area (Å²) < 4.78 is 1.23. The smallest absolute Gasteiger partial charge is 0.134 e. The summed E-state index contributed by atoms with van der Waals surface area (Å²) in [5.41, 5.74) is 1.13. The molecule has 1 nitrogen and oxygen atoms in total. The third-order valence-corrected chi connectivity index (χ3v) is 7.10. The summed E-state index contributed by atoms with van der Waals surface area (Å²) in [6, 6.07) is 0. The van der Waals surface area contributed by atoms with Crippen LogP contribution in [-0.4, -0.2) is 30.1 Å². The molecule has 166 valence electrons. The second kappa shape index (κ2) is 23.2. The minimum atomic E-state index is 0. The first-order valence-corrected chi connectivity index (χ1v) is 13.2. The van der Waals surface area contributed by atoms with Crippen molar-refractivity contribution in [2.45, 2.75) is 129 Å². The first-order chi connectivity index (χ1) is 12.7. The molecule has 0 amide bonds. The van der Waals surface area contributed by atoms with Crippen LogP contribution in [0, 0.1) is 0 Å². The van der Waals surface area contributed by atoms with Crippen LogP contribution in [0.5, 0.6) is 0 Å². The lowest BCUT2D eigenvalue weighted by molar-refractivity contribution is -0.896. The van der Waals surface area contributed by atoms with E-state index in [9.17, 15) is 0 Å². The summed E-state index contributed by atoms with van der Waals surface area (Å²) in [6.07, 6.45) is 25.8. The van der Waals surface area contributed by atoms with Gasteiger partial charge >= 0.3 is 0 Å². The Morgan fingerprint density at radius 1 is 0.481 bits per heavy atom. The molecule has 0 radical (unpaired) electrons. The van der Waals surface area contributed by atoms with Crippen molar-refractivity contribution in [1.82, 2.24) is 0 Å². The quantitative estimate of drug-likeness (QED) is 0.0782. The molecule has 3 heteroatoms. The standard InChI is InChI=1S/C24H51BrN.BrH/c1-4-6-8-10-12-14-16-18-20-22-26(3,24-25)23-21-19-17-15-13-11-9-7-5-2;/h4-24H2,1-3H3;1H/q+1;/p-1. The van der Waals surface area contributed by atoms with E-state index in [-0.39, 0.29) is 17.0 Å². The first-order valence-electron chi connectivity index (χ1n) is 12.1. The summed E-state index contributed by atoms with van der Waals surface area (Å²) >= 11 is 3.78. The topological polar surface area (TPSA) is 0 Å². The van der Waals surface area contributed by atoms with Gasteiger partial charge in [-0.25, -0.2) is 0 Å². The van der Waals surface area contributed by atoms with E-state index in [4.69, 9.17) is 0 Å². The number of hydrogen-bond acceptors (Lipinski definition) is 0. The van der Waals surface area contributed by atoms with Crippen LogP contribution in [-0.2, 0) is 0 Å². The molecule has 0 saturated carbocycles. The molecule has 0 aliphatic rings. The molecule has 0 aromatic carbocycles. The highest BCUT2D eigenvalue weighted by molar-refractivity contribution is 9.09. The Labute approximate surface area is 191 Å². The van der Waals surface area contributed by atoms with Gasteiger partial charge in [0.2, 0.25) is 0 Å². The number of unbranched alkanes of at least 4 members (excludes halogenated alkanes) is 16. The summed E-state index contributed by atoms with van der Waals surface area (Å²) in [5, 5.41) is 0. The highest BCUT2D eigenvalue weighted by Crippen LogP contribution is 2.16. The average Bonchev–Trinajstić information content (AvgIpc) is 2.65. The van der Waals surface area contributed by atoms with Crippen LogP contribution < -0.4 is 17.0 Å². The lowest BCUT2D eigenvalue weighted by atomic mass is 10.1. The molecule has 0 saturated heterocycles. The van der Waals surface area contributed by atoms with Crippen LogP contribution in [0.4, 0.5) is 0 Å². The molecule has 0 N–H and O–H groups in total. The average molecular weight is 513 g/mol. The number of quaternary nitrogens is 1. The molecule has 27 heavy (non-hydrogen) atoms. The fraction of sp³-hybridized carbons (Fsp3) is 1.00. The SMILES string of the molecule is CCCCCCCCCCC[N+](C)(CBr)CCCCCCCCCCC.[Br-]. The van der Waals surface area contributed by atoms with Crippen molar-refractivity contribution >= 4 is 15.9 Å². The number of hydrogen-bond donors (Lipinski definition) is 0. The number of halogens is 2. The number of alkyl halides is 1. The summed E-state index contributed by atoms with van der Waals surface area (Å²) in [6.45, 7) is 7.32. The molecule has 0 aliphatic heterocycles. The third-order valence-electron chi connectivity index (χ3n) is 5.89. The maximum absolute atomic E-state index is 3.78. The number of nitrogens with zero attached hydrogens (tertiary/aromatic N) is 1. The first kappa shape index (κ1) is 30.1. The van der Waals surface area contributed by atoms with Gasteiger partial charge in [-0.1, -0.05) is 104 Å². The Hall–Kier alpha value is 0.920. The highest BCUT2D eigenvalue weighted by Gasteiger charge is 2.18. The molecule has 0 rings (SSSR count). The van der Waals surface area contributed by atoms with Crippen LogP contribution in [0.15, 0.2) is 0 Å². The van der Waals surface area contributed by atoms with Crippen molar-refractivity contribution in [3.05, 3.63) is 0 Å². The second-order valence-electron chi connectivity index (χ2n) is 8.84. The van der Waals surface area contributed by atoms with Crippen molar-refractivity contribution in [2.24, 2.45) is 0 Å². The predicted molar refractivity (Wildman–Crippen MR) is 124 cm³/mol. The summed E-state index contributed by atoms with van der Waals surface area (Å²) in [7, 11) is 2.45. The van der Waals surface area contributed by atoms with Gasteiger partial charge in [-0.15, -0.1) is 0 Å². The Bertz CT molecular complexity index is 249. The van der Waals surface area contributed by atoms with E-state index in [1.807, 2.05) is 0 Å². The molecule has 0 atom stereocenters. The molecule has 0 heterocycles. The van der Waals surface area contributed by atoms with E-state index in [2.05, 4.69) is 36.8 Å². The molecule has 0 aromatic rings. The zero-order valence-corrected chi connectivity index (χ0v) is 22.2. The minimum Gasteiger partial charge on any atom is -1.00 e. The van der Waals surface area contributed by atoms with Crippen LogP contribution in [0.3, 0.4) is 0 Å². The zero-order chi connectivity index (χ0) is 19.3. The van der Waals surface area contributed by atoms with E-state index in [0.29, 0.717) is 0 Å². The van der Waals surface area contributed by atoms with Crippen molar-refractivity contribution in [2.75, 3.05) is 25.6 Å². The highest BCUT2D eigenvalue weighted by atomic mass is 79.9. The number of rotatable bonds is 21. The maximum atomic E-state index is 3.78. The summed E-state index contributed by atoms with van der Waals surface area (Å²) in [4.78, 5) is 0. The molecular weight excluding hydrogens is 462 g/mol. The third kappa shape index (κ3) is 21.4. The minimum absolute atomic E-state index is 0. The predicted octanol–water partition coefficient (Wildman–Crippen LogP) is 5.85. The van der Waals surface area contributed by atoms with Gasteiger partial charge in [0.25, 0.3) is 0 Å². The van der Waals surface area contributed by atoms with Gasteiger partial charge in [-0.2, -0.15) is 0 Å². The second-order valence-corrected chi connectivity index (χ2v) is 9.34. The van der Waals surface area contributed by atoms with Crippen molar-refractivity contribution in [1.29, 1.82) is 0 Å². The van der Waals surface area contributed by atoms with E-state index in [0.717, 1.165) is 5.45 Å². The largest absolute Gasteiger partial charge is 1.00 e. The van der Waals surface area contributed by atoms with Gasteiger partial charge < -0.3 is 21.5 Å². The monoisotopic (exact) mass is 511 g/mol. The molecule has 0 bridgehead atoms. The Morgan fingerprint density at radius 2 is 0.741 bits per heavy atom. The van der Waals surface area contributed by atoms with E-state index >= 15 is 0 Å². The normalized spacial score (nSPS) is 11.6. The van der Waals surface area contributed by atoms with Crippen LogP contribution in [0.25, 0.3) is 0 Å². The fourth-order valence-electron chi connectivity index (χ4n) is 3.84. The van der Waals surface area contributed by atoms with Gasteiger partial charge in [0.15, 0.2) is 0 Å². The molecule has 0 spiro atoms. The summed E-state index contributed by atoms with van der Waals surface area (Å²) in [5.74, 6) is 0. The van der Waals surface area contributed by atoms with Crippen LogP contribution in [0.2, 0.25) is 0 Å². The van der Waals surface area contributed by atoms with E-state index < -0.39 is 0 Å². The Kier molecular flexibility index (Phi) is 25.9. The van der Waals surface area contributed by atoms with Gasteiger partial charge in [-0.05, 0) is 41.6 Å². The van der Waals surface area contributed by atoms with Crippen molar-refractivity contribution in [3.8, 4) is 0 Å². The van der Waals surface area contributed by atoms with E-state index in [1.54, 1.807) is 0 Å². The van der Waals surface area contributed by atoms with E-state index in [1.165, 1.54) is 133 Å². The fourth-order valence-corrected chi connectivity index (χ4v) is 4.34. The Balaban J connectivity index is 0. The lowest BCUT2D eigenvalue weighted by Crippen LogP contribution is -3.00. The van der Waals surface area contributed by atoms with Gasteiger partial charge in [0, 0.05) is 0 Å².